The van der Waals surface area contributed by atoms with Crippen LogP contribution < -0.4 is 10.2 Å². The van der Waals surface area contributed by atoms with Crippen LogP contribution in [0.1, 0.15) is 59.1 Å². The van der Waals surface area contributed by atoms with Gasteiger partial charge >= 0.3 is 0 Å². The Labute approximate surface area is 199 Å². The van der Waals surface area contributed by atoms with Crippen LogP contribution >= 0.6 is 0 Å². The average molecular weight is 462 g/mol. The van der Waals surface area contributed by atoms with Crippen molar-refractivity contribution in [2.45, 2.75) is 46.3 Å². The normalized spacial score (nSPS) is 15.3. The number of carbonyl (C=O) groups excluding carboxylic acids is 1. The minimum Gasteiger partial charge on any atom is -0.490 e. The molecule has 6 nitrogen and oxygen atoms in total. The van der Waals surface area contributed by atoms with Gasteiger partial charge in [0.05, 0.1) is 23.1 Å². The van der Waals surface area contributed by atoms with E-state index < -0.39 is 6.04 Å². The van der Waals surface area contributed by atoms with Gasteiger partial charge in [-0.2, -0.15) is 0 Å². The molecular formula is C28H31NO5. The summed E-state index contributed by atoms with van der Waals surface area (Å²) in [6, 6.07) is 10.7. The van der Waals surface area contributed by atoms with Crippen LogP contribution in [0.2, 0.25) is 0 Å². The van der Waals surface area contributed by atoms with Crippen LogP contribution in [0, 0.1) is 13.8 Å². The van der Waals surface area contributed by atoms with E-state index in [4.69, 9.17) is 13.9 Å². The Bertz CT molecular complexity index is 1270. The van der Waals surface area contributed by atoms with Crippen molar-refractivity contribution in [3.63, 3.8) is 0 Å². The van der Waals surface area contributed by atoms with Gasteiger partial charge in [0.2, 0.25) is 5.76 Å². The van der Waals surface area contributed by atoms with Gasteiger partial charge < -0.3 is 18.8 Å². The molecule has 0 saturated heterocycles. The fraction of sp³-hybridized carbons (Fsp3) is 0.357. The number of fused-ring (bicyclic) bond motifs is 2. The highest BCUT2D eigenvalue weighted by atomic mass is 16.5. The maximum absolute atomic E-state index is 13.8. The molecule has 2 aromatic carbocycles. The van der Waals surface area contributed by atoms with Gasteiger partial charge in [-0.05, 0) is 69.0 Å². The quantitative estimate of drug-likeness (QED) is 0.318. The highest BCUT2D eigenvalue weighted by Crippen LogP contribution is 2.39. The fourth-order valence-corrected chi connectivity index (χ4v) is 4.55. The largest absolute Gasteiger partial charge is 0.490 e. The first-order valence-electron chi connectivity index (χ1n) is 11.7. The van der Waals surface area contributed by atoms with Crippen molar-refractivity contribution in [3.05, 3.63) is 87.3 Å². The Morgan fingerprint density at radius 3 is 2.56 bits per heavy atom. The summed E-state index contributed by atoms with van der Waals surface area (Å²) in [6.07, 6.45) is 2.45. The molecule has 0 radical (unpaired) electrons. The number of hydrogen-bond donors (Lipinski definition) is 0. The van der Waals surface area contributed by atoms with Crippen LogP contribution in [0.5, 0.6) is 5.75 Å². The first-order chi connectivity index (χ1) is 16.3. The van der Waals surface area contributed by atoms with E-state index in [1.54, 1.807) is 11.0 Å². The van der Waals surface area contributed by atoms with Crippen LogP contribution in [-0.4, -0.2) is 36.7 Å². The first kappa shape index (κ1) is 23.8. The molecule has 1 amide bonds. The van der Waals surface area contributed by atoms with Crippen molar-refractivity contribution in [3.8, 4) is 5.75 Å². The molecule has 1 aliphatic rings. The van der Waals surface area contributed by atoms with Gasteiger partial charge in [-0.1, -0.05) is 30.9 Å². The Morgan fingerprint density at radius 1 is 1.15 bits per heavy atom. The third kappa shape index (κ3) is 4.50. The molecule has 6 heteroatoms. The van der Waals surface area contributed by atoms with Crippen molar-refractivity contribution in [1.82, 2.24) is 4.90 Å². The SMILES string of the molecule is C=CCOc1ccc(C2c3c(oc4cc(C)cc(C)c4c3=O)C(=O)N2CCCOC(C)C)cc1. The lowest BCUT2D eigenvalue weighted by molar-refractivity contribution is 0.0593. The van der Waals surface area contributed by atoms with E-state index in [0.717, 1.165) is 16.7 Å². The molecule has 1 aromatic heterocycles. The second-order valence-electron chi connectivity index (χ2n) is 8.97. The van der Waals surface area contributed by atoms with E-state index >= 15 is 0 Å². The topological polar surface area (TPSA) is 69.0 Å². The van der Waals surface area contributed by atoms with E-state index in [9.17, 15) is 9.59 Å². The van der Waals surface area contributed by atoms with Gasteiger partial charge in [-0.25, -0.2) is 0 Å². The number of aryl methyl sites for hydroxylation is 2. The summed E-state index contributed by atoms with van der Waals surface area (Å²) in [5.41, 5.74) is 3.35. The van der Waals surface area contributed by atoms with Gasteiger partial charge in [0.15, 0.2) is 5.43 Å². The highest BCUT2D eigenvalue weighted by molar-refractivity contribution is 5.99. The third-order valence-electron chi connectivity index (χ3n) is 5.97. The number of amides is 1. The maximum atomic E-state index is 13.8. The molecule has 0 fully saturated rings. The van der Waals surface area contributed by atoms with Gasteiger partial charge in [0.25, 0.3) is 5.91 Å². The molecule has 3 aromatic rings. The molecule has 4 rings (SSSR count). The fourth-order valence-electron chi connectivity index (χ4n) is 4.55. The zero-order valence-electron chi connectivity index (χ0n) is 20.2. The van der Waals surface area contributed by atoms with E-state index in [0.29, 0.717) is 48.5 Å². The Kier molecular flexibility index (Phi) is 6.89. The van der Waals surface area contributed by atoms with Crippen molar-refractivity contribution in [2.24, 2.45) is 0 Å². The molecule has 0 aliphatic carbocycles. The molecule has 1 aliphatic heterocycles. The molecule has 1 unspecified atom stereocenters. The summed E-state index contributed by atoms with van der Waals surface area (Å²) in [5, 5.41) is 0.526. The molecule has 1 atom stereocenters. The van der Waals surface area contributed by atoms with Crippen molar-refractivity contribution < 1.29 is 18.7 Å². The Hall–Kier alpha value is -3.38. The molecule has 0 N–H and O–H groups in total. The van der Waals surface area contributed by atoms with Crippen molar-refractivity contribution >= 4 is 16.9 Å². The lowest BCUT2D eigenvalue weighted by atomic mass is 9.97. The predicted octanol–water partition coefficient (Wildman–Crippen LogP) is 5.33. The minimum atomic E-state index is -0.531. The molecule has 34 heavy (non-hydrogen) atoms. The van der Waals surface area contributed by atoms with E-state index in [1.165, 1.54) is 0 Å². The van der Waals surface area contributed by atoms with E-state index in [-0.39, 0.29) is 23.2 Å². The molecule has 0 bridgehead atoms. The first-order valence-corrected chi connectivity index (χ1v) is 11.7. The lowest BCUT2D eigenvalue weighted by Crippen LogP contribution is -2.31. The van der Waals surface area contributed by atoms with E-state index in [1.807, 2.05) is 64.1 Å². The summed E-state index contributed by atoms with van der Waals surface area (Å²) in [6.45, 7) is 12.9. The summed E-state index contributed by atoms with van der Waals surface area (Å²) in [7, 11) is 0. The van der Waals surface area contributed by atoms with Gasteiger partial charge in [0, 0.05) is 13.2 Å². The van der Waals surface area contributed by atoms with Gasteiger partial charge in [0.1, 0.15) is 17.9 Å². The maximum Gasteiger partial charge on any atom is 0.290 e. The van der Waals surface area contributed by atoms with Gasteiger partial charge in [-0.3, -0.25) is 9.59 Å². The minimum absolute atomic E-state index is 0.116. The molecular weight excluding hydrogens is 430 g/mol. The van der Waals surface area contributed by atoms with Crippen molar-refractivity contribution in [2.75, 3.05) is 19.8 Å². The number of hydrogen-bond acceptors (Lipinski definition) is 5. The average Bonchev–Trinajstić information content (AvgIpc) is 3.07. The highest BCUT2D eigenvalue weighted by Gasteiger charge is 2.42. The molecule has 2 heterocycles. The number of carbonyl (C=O) groups is 1. The van der Waals surface area contributed by atoms with Crippen LogP contribution in [0.4, 0.5) is 0 Å². The summed E-state index contributed by atoms with van der Waals surface area (Å²) >= 11 is 0. The standard InChI is InChI=1S/C28H31NO5/c1-6-13-33-21-10-8-20(9-11-21)25-24-26(30)23-19(5)15-18(4)16-22(23)34-27(24)28(31)29(25)12-7-14-32-17(2)3/h6,8-11,15-17,25H,1,7,12-14H2,2-5H3. The molecule has 0 saturated carbocycles. The van der Waals surface area contributed by atoms with Crippen LogP contribution in [-0.2, 0) is 4.74 Å². The van der Waals surface area contributed by atoms with E-state index in [2.05, 4.69) is 6.58 Å². The Morgan fingerprint density at radius 2 is 1.88 bits per heavy atom. The van der Waals surface area contributed by atoms with Crippen molar-refractivity contribution in [1.29, 1.82) is 0 Å². The van der Waals surface area contributed by atoms with Crippen LogP contribution in [0.3, 0.4) is 0 Å². The molecule has 0 spiro atoms. The van der Waals surface area contributed by atoms with Crippen LogP contribution in [0.25, 0.3) is 11.0 Å². The van der Waals surface area contributed by atoms with Crippen LogP contribution in [0.15, 0.2) is 58.3 Å². The summed E-state index contributed by atoms with van der Waals surface area (Å²) < 4.78 is 17.4. The number of ether oxygens (including phenoxy) is 2. The lowest BCUT2D eigenvalue weighted by Gasteiger charge is -2.25. The molecule has 178 valence electrons. The second-order valence-corrected chi connectivity index (χ2v) is 8.97. The number of rotatable bonds is 9. The smallest absolute Gasteiger partial charge is 0.290 e. The third-order valence-corrected chi connectivity index (χ3v) is 5.97. The monoisotopic (exact) mass is 461 g/mol. The zero-order valence-corrected chi connectivity index (χ0v) is 20.2. The van der Waals surface area contributed by atoms with Gasteiger partial charge in [-0.15, -0.1) is 0 Å². The second kappa shape index (κ2) is 9.85. The summed E-state index contributed by atoms with van der Waals surface area (Å²) in [5.74, 6) is 0.556. The Balaban J connectivity index is 1.80. The number of nitrogens with zero attached hydrogens (tertiary/aromatic N) is 1. The number of benzene rings is 2. The summed E-state index contributed by atoms with van der Waals surface area (Å²) in [4.78, 5) is 29.0. The zero-order chi connectivity index (χ0) is 24.4. The predicted molar refractivity (Wildman–Crippen MR) is 133 cm³/mol.